The Morgan fingerprint density at radius 1 is 0.486 bits per heavy atom. The zero-order valence-corrected chi connectivity index (χ0v) is 46.3. The van der Waals surface area contributed by atoms with Gasteiger partial charge >= 0.3 is 5.97 Å². The number of nitrogens with one attached hydrogen (secondary N) is 4. The van der Waals surface area contributed by atoms with Crippen LogP contribution in [0.25, 0.3) is 0 Å². The number of carboxylic acids is 1. The molecule has 0 saturated carbocycles. The van der Waals surface area contributed by atoms with Crippen LogP contribution in [0.15, 0.2) is 0 Å². The summed E-state index contributed by atoms with van der Waals surface area (Å²) in [4.78, 5) is 71.5. The van der Waals surface area contributed by atoms with Gasteiger partial charge in [-0.3, -0.25) is 29.1 Å². The van der Waals surface area contributed by atoms with E-state index in [1.54, 1.807) is 0 Å². The number of amides is 5. The van der Waals surface area contributed by atoms with Crippen LogP contribution in [0, 0.1) is 0 Å². The lowest BCUT2D eigenvalue weighted by molar-refractivity contribution is -0.142. The van der Waals surface area contributed by atoms with Crippen molar-refractivity contribution in [2.45, 2.75) is 147 Å². The minimum Gasteiger partial charge on any atom is -0.480 e. The number of carbonyl (C=O) groups excluding carboxylic acids is 5. The molecule has 0 spiro atoms. The minimum absolute atomic E-state index is 0.0169. The van der Waals surface area contributed by atoms with Crippen LogP contribution in [0.3, 0.4) is 0 Å². The summed E-state index contributed by atoms with van der Waals surface area (Å²) in [6, 6.07) is -1.10. The average Bonchev–Trinajstić information content (AvgIpc) is 3.36. The van der Waals surface area contributed by atoms with Crippen LogP contribution < -0.4 is 32.1 Å². The summed E-state index contributed by atoms with van der Waals surface area (Å²) < 4.78 is 43.9. The first-order valence-corrected chi connectivity index (χ1v) is 30.9. The standard InChI is InChI=1S/C48H94N6O15P2S/c1-2-3-4-5-6-7-8-9-10-11-12-13-14-18-46(58)54-41(48(60)61)19-20-44(56)52-23-25-63-27-29-65-31-33-67-35-37-69-39-38-68-36-34-66-32-30-64-28-26-62-24-21-45(57)51-22-16-15-17-42(70-71-72-50)47(59)53-40-43(49)55/h41-42,70-71H,2-40,50H2,1H3,(H2,49,55)(H,51,57)(H,52,56)(H,53,59)(H,54,58)(H,60,61)/t41?,42-/m0/s1. The number of nitrogens with two attached hydrogens (primary N) is 2. The summed E-state index contributed by atoms with van der Waals surface area (Å²) in [7, 11) is 0.769. The van der Waals surface area contributed by atoms with Crippen LogP contribution in [0.5, 0.6) is 0 Å². The molecule has 0 aliphatic heterocycles. The van der Waals surface area contributed by atoms with Gasteiger partial charge in [-0.25, -0.2) is 4.79 Å². The van der Waals surface area contributed by atoms with Crippen molar-refractivity contribution in [3.63, 3.8) is 0 Å². The van der Waals surface area contributed by atoms with E-state index in [1.165, 1.54) is 75.8 Å². The zero-order valence-electron chi connectivity index (χ0n) is 43.5. The molecule has 9 N–H and O–H groups in total. The summed E-state index contributed by atoms with van der Waals surface area (Å²) in [5.41, 5.74) is 4.88. The van der Waals surface area contributed by atoms with E-state index in [-0.39, 0.29) is 74.9 Å². The van der Waals surface area contributed by atoms with E-state index < -0.39 is 17.9 Å². The highest BCUT2D eigenvalue weighted by molar-refractivity contribution is 8.66. The second-order valence-electron chi connectivity index (χ2n) is 16.9. The Labute approximate surface area is 437 Å². The van der Waals surface area contributed by atoms with Gasteiger partial charge in [-0.2, -0.15) is 0 Å². The van der Waals surface area contributed by atoms with Crippen LogP contribution >= 0.6 is 27.3 Å². The third kappa shape index (κ3) is 51.2. The Kier molecular flexibility index (Phi) is 53.1. The molecule has 0 aliphatic carbocycles. The molecule has 422 valence electrons. The highest BCUT2D eigenvalue weighted by Crippen LogP contribution is 2.49. The molecular weight excluding hydrogens is 995 g/mol. The van der Waals surface area contributed by atoms with Gasteiger partial charge in [-0.1, -0.05) is 110 Å². The Hall–Kier alpha value is -2.33. The van der Waals surface area contributed by atoms with Crippen molar-refractivity contribution >= 4 is 62.8 Å². The summed E-state index contributed by atoms with van der Waals surface area (Å²) >= 11 is 1.21. The van der Waals surface area contributed by atoms with E-state index in [0.717, 1.165) is 32.1 Å². The molecular formula is C48H94N6O15P2S. The van der Waals surface area contributed by atoms with Gasteiger partial charge in [0.2, 0.25) is 29.5 Å². The second-order valence-corrected chi connectivity index (χ2v) is 22.4. The number of rotatable bonds is 57. The maximum Gasteiger partial charge on any atom is 0.326 e. The van der Waals surface area contributed by atoms with E-state index in [4.69, 9.17) is 48.8 Å². The molecule has 0 saturated heterocycles. The van der Waals surface area contributed by atoms with Gasteiger partial charge in [-0.15, -0.1) is 0 Å². The van der Waals surface area contributed by atoms with Gasteiger partial charge in [0.25, 0.3) is 0 Å². The van der Waals surface area contributed by atoms with Gasteiger partial charge < -0.3 is 70.0 Å². The first-order valence-electron chi connectivity index (χ1n) is 26.2. The zero-order chi connectivity index (χ0) is 52.8. The summed E-state index contributed by atoms with van der Waals surface area (Å²) in [6.45, 7) is 9.12. The number of aliphatic carboxylic acids is 1. The summed E-state index contributed by atoms with van der Waals surface area (Å²) in [5, 5.41) is 25.7. The molecule has 0 aromatic rings. The van der Waals surface area contributed by atoms with Gasteiger partial charge in [0.15, 0.2) is 0 Å². The molecule has 0 rings (SSSR count). The fourth-order valence-corrected chi connectivity index (χ4v) is 10.9. The quantitative estimate of drug-likeness (QED) is 0.0251. The molecule has 21 nitrogen and oxygen atoms in total. The Morgan fingerprint density at radius 3 is 1.38 bits per heavy atom. The highest BCUT2D eigenvalue weighted by atomic mass is 32.9. The van der Waals surface area contributed by atoms with Gasteiger partial charge in [0.1, 0.15) is 6.04 Å². The van der Waals surface area contributed by atoms with Gasteiger partial charge in [-0.05, 0) is 33.2 Å². The fraction of sp³-hybridized carbons (Fsp3) is 0.875. The van der Waals surface area contributed by atoms with Crippen molar-refractivity contribution < 1.29 is 71.8 Å². The highest BCUT2D eigenvalue weighted by Gasteiger charge is 2.21. The number of primary amides is 1. The van der Waals surface area contributed by atoms with E-state index in [0.29, 0.717) is 128 Å². The summed E-state index contributed by atoms with van der Waals surface area (Å²) in [6.07, 6.45) is 18.4. The number of hydrogen-bond donors (Lipinski definition) is 7. The fourth-order valence-electron chi connectivity index (χ4n) is 6.72. The number of unbranched alkanes of at least 4 members (excludes halogenated alkanes) is 13. The lowest BCUT2D eigenvalue weighted by atomic mass is 10.0. The van der Waals surface area contributed by atoms with Crippen molar-refractivity contribution in [2.24, 2.45) is 10.9 Å². The molecule has 24 heteroatoms. The Bertz CT molecular complexity index is 1340. The van der Waals surface area contributed by atoms with E-state index >= 15 is 0 Å². The van der Waals surface area contributed by atoms with Gasteiger partial charge in [0, 0.05) is 32.4 Å². The van der Waals surface area contributed by atoms with Crippen LogP contribution in [-0.2, 0) is 66.7 Å². The lowest BCUT2D eigenvalue weighted by Gasteiger charge is -2.15. The smallest absolute Gasteiger partial charge is 0.326 e. The summed E-state index contributed by atoms with van der Waals surface area (Å²) in [5.74, 6) is -2.62. The Morgan fingerprint density at radius 2 is 0.917 bits per heavy atom. The normalized spacial score (nSPS) is 12.4. The molecule has 0 radical (unpaired) electrons. The molecule has 0 aromatic carbocycles. The van der Waals surface area contributed by atoms with Crippen molar-refractivity contribution in [3.05, 3.63) is 0 Å². The lowest BCUT2D eigenvalue weighted by Crippen LogP contribution is -2.41. The van der Waals surface area contributed by atoms with Crippen molar-refractivity contribution in [3.8, 4) is 0 Å². The van der Waals surface area contributed by atoms with Crippen LogP contribution in [0.4, 0.5) is 0 Å². The maximum atomic E-state index is 12.3. The monoisotopic (exact) mass is 1090 g/mol. The van der Waals surface area contributed by atoms with E-state index in [2.05, 4.69) is 28.2 Å². The van der Waals surface area contributed by atoms with Crippen LogP contribution in [-0.4, -0.2) is 178 Å². The van der Waals surface area contributed by atoms with Crippen LogP contribution in [0.2, 0.25) is 0 Å². The number of hydrogen-bond acceptors (Lipinski definition) is 16. The molecule has 5 amide bonds. The molecule has 0 bridgehead atoms. The first kappa shape index (κ1) is 69.7. The molecule has 0 fully saturated rings. The van der Waals surface area contributed by atoms with E-state index in [1.807, 2.05) is 0 Å². The van der Waals surface area contributed by atoms with Crippen molar-refractivity contribution in [1.82, 2.24) is 21.3 Å². The first-order chi connectivity index (χ1) is 35.1. The second kappa shape index (κ2) is 54.9. The minimum atomic E-state index is -1.15. The van der Waals surface area contributed by atoms with Gasteiger partial charge in [0.05, 0.1) is 118 Å². The molecule has 4 atom stereocenters. The topological polar surface area (TPSA) is 297 Å². The van der Waals surface area contributed by atoms with Crippen LogP contribution in [0.1, 0.15) is 135 Å². The largest absolute Gasteiger partial charge is 0.480 e. The Balaban J connectivity index is 3.50. The molecule has 3 unspecified atom stereocenters. The van der Waals surface area contributed by atoms with Crippen molar-refractivity contribution in [1.29, 1.82) is 0 Å². The predicted octanol–water partition coefficient (Wildman–Crippen LogP) is 4.51. The number of carbonyl (C=O) groups is 6. The number of ether oxygens (including phenoxy) is 8. The molecule has 0 heterocycles. The molecule has 72 heavy (non-hydrogen) atoms. The average molecular weight is 1090 g/mol. The molecule has 0 aromatic heterocycles. The number of carboxylic acid groups (broad SMARTS) is 1. The maximum absolute atomic E-state index is 12.3. The SMILES string of the molecule is CCCCCCCCCCCCCCCC(=O)NC(CCC(=O)NCCOCCOCCOCCOCCOCCOCCOCCOCCC(=O)NCCCC[C@H](PPSN)C(=O)NCC(N)=O)C(=O)O. The third-order valence-corrected chi connectivity index (χ3v) is 15.7. The van der Waals surface area contributed by atoms with Crippen molar-refractivity contribution in [2.75, 3.05) is 125 Å². The predicted molar refractivity (Wildman–Crippen MR) is 285 cm³/mol. The third-order valence-electron chi connectivity index (χ3n) is 10.7. The van der Waals surface area contributed by atoms with E-state index in [9.17, 15) is 33.9 Å². The molecule has 0 aliphatic rings.